The Morgan fingerprint density at radius 1 is 1.53 bits per heavy atom. The Morgan fingerprint density at radius 2 is 2.18 bits per heavy atom. The van der Waals surface area contributed by atoms with Gasteiger partial charge in [-0.3, -0.25) is 4.90 Å². The van der Waals surface area contributed by atoms with E-state index in [4.69, 9.17) is 5.11 Å². The van der Waals surface area contributed by atoms with Gasteiger partial charge >= 0.3 is 5.97 Å². The Bertz CT molecular complexity index is 394. The molecule has 0 bridgehead atoms. The van der Waals surface area contributed by atoms with E-state index in [-0.39, 0.29) is 11.7 Å². The highest BCUT2D eigenvalue weighted by molar-refractivity contribution is 5.84. The largest absolute Gasteiger partial charge is 0.476 e. The van der Waals surface area contributed by atoms with Gasteiger partial charge in [0.25, 0.3) is 0 Å². The number of carboxylic acid groups (broad SMARTS) is 1. The lowest BCUT2D eigenvalue weighted by Gasteiger charge is -2.43. The van der Waals surface area contributed by atoms with E-state index in [0.29, 0.717) is 6.04 Å². The fourth-order valence-corrected chi connectivity index (χ4v) is 2.31. The minimum absolute atomic E-state index is 0.0194. The average molecular weight is 238 g/mol. The quantitative estimate of drug-likeness (QED) is 0.829. The molecule has 0 spiro atoms. The van der Waals surface area contributed by atoms with E-state index in [0.717, 1.165) is 25.9 Å². The van der Waals surface area contributed by atoms with E-state index >= 15 is 0 Å². The Morgan fingerprint density at radius 3 is 2.65 bits per heavy atom. The molecule has 0 radical (unpaired) electrons. The predicted octanol–water partition coefficient (Wildman–Crippen LogP) is 1.02. The van der Waals surface area contributed by atoms with Crippen LogP contribution in [0, 0.1) is 0 Å². The second kappa shape index (κ2) is 4.83. The van der Waals surface area contributed by atoms with Crippen LogP contribution in [-0.2, 0) is 0 Å². The van der Waals surface area contributed by atoms with Crippen LogP contribution in [0.15, 0.2) is 6.20 Å². The van der Waals surface area contributed by atoms with Crippen LogP contribution in [0.1, 0.15) is 43.2 Å². The lowest BCUT2D eigenvalue weighted by atomic mass is 10.0. The lowest BCUT2D eigenvalue weighted by Crippen LogP contribution is -2.52. The number of likely N-dealkylation sites (tertiary alicyclic amines) is 1. The summed E-state index contributed by atoms with van der Waals surface area (Å²) in [5.74, 6) is -1.02. The van der Waals surface area contributed by atoms with Crippen molar-refractivity contribution in [2.24, 2.45) is 0 Å². The molecule has 94 valence electrons. The highest BCUT2D eigenvalue weighted by atomic mass is 16.4. The maximum Gasteiger partial charge on any atom is 0.358 e. The number of hydrogen-bond donors (Lipinski definition) is 1. The number of aromatic carboxylic acids is 1. The highest BCUT2D eigenvalue weighted by Gasteiger charge is 2.32. The molecule has 6 nitrogen and oxygen atoms in total. The minimum atomic E-state index is -1.02. The van der Waals surface area contributed by atoms with Gasteiger partial charge in [-0.25, -0.2) is 9.48 Å². The van der Waals surface area contributed by atoms with Crippen LogP contribution < -0.4 is 0 Å². The molecule has 17 heavy (non-hydrogen) atoms. The number of carbonyl (C=O) groups is 1. The zero-order chi connectivity index (χ0) is 12.4. The second-order valence-electron chi connectivity index (χ2n) is 4.47. The van der Waals surface area contributed by atoms with Crippen molar-refractivity contribution in [2.45, 2.75) is 38.8 Å². The summed E-state index contributed by atoms with van der Waals surface area (Å²) in [6.45, 7) is 6.27. The molecule has 0 aliphatic carbocycles. The van der Waals surface area contributed by atoms with Crippen molar-refractivity contribution in [3.8, 4) is 0 Å². The van der Waals surface area contributed by atoms with Gasteiger partial charge in [0.1, 0.15) is 0 Å². The SMILES string of the molecule is CCC(CC)N1CC(n2cc(C(=O)O)nn2)C1. The lowest BCUT2D eigenvalue weighted by molar-refractivity contribution is 0.0480. The van der Waals surface area contributed by atoms with Crippen LogP contribution in [0.3, 0.4) is 0 Å². The Kier molecular flexibility index (Phi) is 3.42. The molecule has 0 aromatic carbocycles. The fourth-order valence-electron chi connectivity index (χ4n) is 2.31. The normalized spacial score (nSPS) is 17.4. The molecule has 1 aliphatic heterocycles. The number of aromatic nitrogens is 3. The van der Waals surface area contributed by atoms with Gasteiger partial charge in [-0.2, -0.15) is 0 Å². The van der Waals surface area contributed by atoms with E-state index in [1.165, 1.54) is 6.20 Å². The maximum atomic E-state index is 10.7. The molecular weight excluding hydrogens is 220 g/mol. The average Bonchev–Trinajstić information content (AvgIpc) is 2.71. The standard InChI is InChI=1S/C11H18N4O2/c1-3-8(4-2)14-5-9(6-14)15-7-10(11(16)17)12-13-15/h7-9H,3-6H2,1-2H3,(H,16,17). The summed E-state index contributed by atoms with van der Waals surface area (Å²) in [5.41, 5.74) is 0.0194. The molecule has 1 aromatic heterocycles. The number of rotatable bonds is 5. The van der Waals surface area contributed by atoms with Crippen molar-refractivity contribution >= 4 is 5.97 Å². The minimum Gasteiger partial charge on any atom is -0.476 e. The van der Waals surface area contributed by atoms with E-state index in [1.54, 1.807) is 4.68 Å². The second-order valence-corrected chi connectivity index (χ2v) is 4.47. The Balaban J connectivity index is 1.92. The summed E-state index contributed by atoms with van der Waals surface area (Å²) in [4.78, 5) is 13.1. The van der Waals surface area contributed by atoms with Crippen LogP contribution in [0.25, 0.3) is 0 Å². The van der Waals surface area contributed by atoms with Crippen molar-refractivity contribution in [2.75, 3.05) is 13.1 Å². The molecule has 1 aliphatic rings. The highest BCUT2D eigenvalue weighted by Crippen LogP contribution is 2.25. The summed E-state index contributed by atoms with van der Waals surface area (Å²) in [6.07, 6.45) is 3.82. The van der Waals surface area contributed by atoms with Crippen molar-refractivity contribution in [1.82, 2.24) is 19.9 Å². The monoisotopic (exact) mass is 238 g/mol. The number of carboxylic acids is 1. The first-order valence-corrected chi connectivity index (χ1v) is 6.04. The van der Waals surface area contributed by atoms with Gasteiger partial charge in [0.2, 0.25) is 0 Å². The molecule has 2 heterocycles. The van der Waals surface area contributed by atoms with Gasteiger partial charge in [0.05, 0.1) is 12.2 Å². The van der Waals surface area contributed by atoms with Gasteiger partial charge in [0, 0.05) is 19.1 Å². The third kappa shape index (κ3) is 2.31. The summed E-state index contributed by atoms with van der Waals surface area (Å²) >= 11 is 0. The van der Waals surface area contributed by atoms with Gasteiger partial charge < -0.3 is 5.11 Å². The van der Waals surface area contributed by atoms with E-state index in [1.807, 2.05) is 0 Å². The summed E-state index contributed by atoms with van der Waals surface area (Å²) in [5, 5.41) is 16.2. The van der Waals surface area contributed by atoms with Gasteiger partial charge in [-0.15, -0.1) is 5.10 Å². The maximum absolute atomic E-state index is 10.7. The smallest absolute Gasteiger partial charge is 0.358 e. The molecule has 0 saturated carbocycles. The van der Waals surface area contributed by atoms with Crippen molar-refractivity contribution in [3.05, 3.63) is 11.9 Å². The molecule has 1 N–H and O–H groups in total. The molecule has 1 aromatic rings. The fraction of sp³-hybridized carbons (Fsp3) is 0.727. The van der Waals surface area contributed by atoms with Crippen LogP contribution in [-0.4, -0.2) is 50.1 Å². The number of nitrogens with zero attached hydrogens (tertiary/aromatic N) is 4. The molecule has 0 unspecified atom stereocenters. The molecule has 2 rings (SSSR count). The van der Waals surface area contributed by atoms with Gasteiger partial charge in [-0.05, 0) is 12.8 Å². The zero-order valence-corrected chi connectivity index (χ0v) is 10.2. The first kappa shape index (κ1) is 12.0. The van der Waals surface area contributed by atoms with Crippen LogP contribution >= 0.6 is 0 Å². The van der Waals surface area contributed by atoms with Crippen LogP contribution in [0.4, 0.5) is 0 Å². The van der Waals surface area contributed by atoms with Gasteiger partial charge in [-0.1, -0.05) is 19.1 Å². The molecule has 1 saturated heterocycles. The molecule has 0 atom stereocenters. The van der Waals surface area contributed by atoms with Crippen molar-refractivity contribution < 1.29 is 9.90 Å². The molecular formula is C11H18N4O2. The van der Waals surface area contributed by atoms with E-state index in [2.05, 4.69) is 29.1 Å². The summed E-state index contributed by atoms with van der Waals surface area (Å²) < 4.78 is 1.67. The molecule has 0 amide bonds. The van der Waals surface area contributed by atoms with Gasteiger partial charge in [0.15, 0.2) is 5.69 Å². The molecule has 1 fully saturated rings. The third-order valence-corrected chi connectivity index (χ3v) is 3.45. The Hall–Kier alpha value is -1.43. The summed E-state index contributed by atoms with van der Waals surface area (Å²) in [7, 11) is 0. The zero-order valence-electron chi connectivity index (χ0n) is 10.2. The topological polar surface area (TPSA) is 71.2 Å². The van der Waals surface area contributed by atoms with E-state index in [9.17, 15) is 4.79 Å². The summed E-state index contributed by atoms with van der Waals surface area (Å²) in [6, 6.07) is 0.907. The first-order valence-electron chi connectivity index (χ1n) is 6.04. The molecule has 6 heteroatoms. The van der Waals surface area contributed by atoms with Crippen LogP contribution in [0.2, 0.25) is 0 Å². The third-order valence-electron chi connectivity index (χ3n) is 3.45. The van der Waals surface area contributed by atoms with E-state index < -0.39 is 5.97 Å². The van der Waals surface area contributed by atoms with Crippen molar-refractivity contribution in [3.63, 3.8) is 0 Å². The first-order chi connectivity index (χ1) is 8.15. The predicted molar refractivity (Wildman–Crippen MR) is 62.0 cm³/mol. The van der Waals surface area contributed by atoms with Crippen LogP contribution in [0.5, 0.6) is 0 Å². The number of hydrogen-bond acceptors (Lipinski definition) is 4. The Labute approximate surface area is 100 Å². The van der Waals surface area contributed by atoms with Crippen molar-refractivity contribution in [1.29, 1.82) is 0 Å².